The predicted molar refractivity (Wildman–Crippen MR) is 70.3 cm³/mol. The minimum absolute atomic E-state index is 0.329. The number of esters is 1. The summed E-state index contributed by atoms with van der Waals surface area (Å²) in [5.41, 5.74) is 3.55. The third-order valence-corrected chi connectivity index (χ3v) is 3.17. The van der Waals surface area contributed by atoms with Crippen molar-refractivity contribution in [1.82, 2.24) is 4.98 Å². The lowest BCUT2D eigenvalue weighted by Gasteiger charge is -2.08. The molecule has 1 N–H and O–H groups in total. The molecule has 1 aromatic heterocycles. The first-order chi connectivity index (χ1) is 8.58. The van der Waals surface area contributed by atoms with Gasteiger partial charge in [0.05, 0.1) is 19.2 Å². The molecule has 18 heavy (non-hydrogen) atoms. The quantitative estimate of drug-likeness (QED) is 0.848. The topological polar surface area (TPSA) is 51.3 Å². The summed E-state index contributed by atoms with van der Waals surface area (Å²) in [6.45, 7) is 6.18. The Morgan fingerprint density at radius 2 is 2.00 bits per heavy atom. The number of rotatable bonds is 3. The van der Waals surface area contributed by atoms with E-state index in [2.05, 4.69) is 4.98 Å². The standard InChI is InChI=1S/C14H17NO3/c1-5-18-14(16)12-6-10-8(2)9(3)13(17-4)7-11(10)15-12/h6-7,15H,5H2,1-4H3. The van der Waals surface area contributed by atoms with Gasteiger partial charge in [-0.3, -0.25) is 0 Å². The number of aromatic nitrogens is 1. The highest BCUT2D eigenvalue weighted by Crippen LogP contribution is 2.30. The summed E-state index contributed by atoms with van der Waals surface area (Å²) in [5.74, 6) is 0.488. The highest BCUT2D eigenvalue weighted by atomic mass is 16.5. The summed E-state index contributed by atoms with van der Waals surface area (Å²) in [5, 5.41) is 1.02. The molecular formula is C14H17NO3. The van der Waals surface area contributed by atoms with Crippen molar-refractivity contribution in [3.8, 4) is 5.75 Å². The first-order valence-electron chi connectivity index (χ1n) is 5.92. The zero-order valence-corrected chi connectivity index (χ0v) is 11.1. The molecule has 1 heterocycles. The van der Waals surface area contributed by atoms with Crippen LogP contribution in [-0.4, -0.2) is 24.7 Å². The Hall–Kier alpha value is -1.97. The lowest BCUT2D eigenvalue weighted by Crippen LogP contribution is -2.04. The molecule has 0 saturated carbocycles. The van der Waals surface area contributed by atoms with Crippen LogP contribution < -0.4 is 4.74 Å². The van der Waals surface area contributed by atoms with Gasteiger partial charge in [0, 0.05) is 11.5 Å². The lowest BCUT2D eigenvalue weighted by molar-refractivity contribution is 0.0520. The predicted octanol–water partition coefficient (Wildman–Crippen LogP) is 2.97. The molecular weight excluding hydrogens is 230 g/mol. The maximum atomic E-state index is 11.7. The summed E-state index contributed by atoms with van der Waals surface area (Å²) >= 11 is 0. The van der Waals surface area contributed by atoms with Crippen LogP contribution in [0.4, 0.5) is 0 Å². The molecule has 0 unspecified atom stereocenters. The monoisotopic (exact) mass is 247 g/mol. The number of nitrogens with one attached hydrogen (secondary N) is 1. The van der Waals surface area contributed by atoms with Gasteiger partial charge in [-0.05, 0) is 38.0 Å². The van der Waals surface area contributed by atoms with Crippen molar-refractivity contribution in [3.63, 3.8) is 0 Å². The fourth-order valence-corrected chi connectivity index (χ4v) is 2.05. The number of ether oxygens (including phenoxy) is 2. The van der Waals surface area contributed by atoms with Gasteiger partial charge in [-0.15, -0.1) is 0 Å². The number of methoxy groups -OCH3 is 1. The van der Waals surface area contributed by atoms with Gasteiger partial charge in [0.15, 0.2) is 0 Å². The van der Waals surface area contributed by atoms with Crippen LogP contribution in [0.15, 0.2) is 12.1 Å². The maximum Gasteiger partial charge on any atom is 0.354 e. The molecule has 0 aliphatic rings. The lowest BCUT2D eigenvalue weighted by atomic mass is 10.0. The molecule has 96 valence electrons. The van der Waals surface area contributed by atoms with Gasteiger partial charge in [-0.1, -0.05) is 0 Å². The van der Waals surface area contributed by atoms with Crippen LogP contribution in [0, 0.1) is 13.8 Å². The third-order valence-electron chi connectivity index (χ3n) is 3.17. The summed E-state index contributed by atoms with van der Waals surface area (Å²) in [6.07, 6.45) is 0. The second-order valence-corrected chi connectivity index (χ2v) is 4.19. The van der Waals surface area contributed by atoms with Crippen LogP contribution in [0.5, 0.6) is 5.75 Å². The summed E-state index contributed by atoms with van der Waals surface area (Å²) in [6, 6.07) is 3.73. The molecule has 4 nitrogen and oxygen atoms in total. The molecule has 0 aliphatic carbocycles. The molecule has 0 atom stereocenters. The van der Waals surface area contributed by atoms with Gasteiger partial charge in [0.2, 0.25) is 0 Å². The fraction of sp³-hybridized carbons (Fsp3) is 0.357. The van der Waals surface area contributed by atoms with Crippen LogP contribution in [0.2, 0.25) is 0 Å². The molecule has 0 fully saturated rings. The smallest absolute Gasteiger partial charge is 0.354 e. The normalized spacial score (nSPS) is 10.7. The third kappa shape index (κ3) is 1.94. The Morgan fingerprint density at radius 3 is 2.61 bits per heavy atom. The van der Waals surface area contributed by atoms with Crippen LogP contribution in [-0.2, 0) is 4.74 Å². The van der Waals surface area contributed by atoms with Gasteiger partial charge < -0.3 is 14.5 Å². The van der Waals surface area contributed by atoms with Gasteiger partial charge >= 0.3 is 5.97 Å². The molecule has 1 aromatic carbocycles. The Balaban J connectivity index is 2.58. The number of benzene rings is 1. The van der Waals surface area contributed by atoms with Crippen LogP contribution in [0.3, 0.4) is 0 Å². The van der Waals surface area contributed by atoms with E-state index in [9.17, 15) is 4.79 Å². The second kappa shape index (κ2) is 4.72. The largest absolute Gasteiger partial charge is 0.496 e. The molecule has 4 heteroatoms. The summed E-state index contributed by atoms with van der Waals surface area (Å²) in [4.78, 5) is 14.7. The first-order valence-corrected chi connectivity index (χ1v) is 5.92. The Labute approximate surface area is 106 Å². The zero-order valence-electron chi connectivity index (χ0n) is 11.1. The van der Waals surface area contributed by atoms with E-state index < -0.39 is 0 Å². The Morgan fingerprint density at radius 1 is 1.28 bits per heavy atom. The highest BCUT2D eigenvalue weighted by molar-refractivity contribution is 5.96. The van der Waals surface area contributed by atoms with E-state index in [4.69, 9.17) is 9.47 Å². The van der Waals surface area contributed by atoms with Crippen molar-refractivity contribution < 1.29 is 14.3 Å². The van der Waals surface area contributed by atoms with E-state index in [-0.39, 0.29) is 5.97 Å². The van der Waals surface area contributed by atoms with Crippen molar-refractivity contribution >= 4 is 16.9 Å². The SMILES string of the molecule is CCOC(=O)c1cc2c(C)c(C)c(OC)cc2[nH]1. The molecule has 0 spiro atoms. The molecule has 0 saturated heterocycles. The number of aromatic amines is 1. The van der Waals surface area contributed by atoms with Crippen molar-refractivity contribution in [1.29, 1.82) is 0 Å². The molecule has 2 rings (SSSR count). The van der Waals surface area contributed by atoms with Gasteiger partial charge in [-0.25, -0.2) is 4.79 Å². The number of hydrogen-bond acceptors (Lipinski definition) is 3. The number of fused-ring (bicyclic) bond motifs is 1. The Kier molecular flexibility index (Phi) is 3.28. The molecule has 0 radical (unpaired) electrons. The van der Waals surface area contributed by atoms with Crippen molar-refractivity contribution in [3.05, 3.63) is 29.0 Å². The number of hydrogen-bond donors (Lipinski definition) is 1. The van der Waals surface area contributed by atoms with Crippen LogP contribution in [0.25, 0.3) is 10.9 Å². The van der Waals surface area contributed by atoms with Gasteiger partial charge in [0.25, 0.3) is 0 Å². The average molecular weight is 247 g/mol. The number of H-pyrrole nitrogens is 1. The molecule has 0 bridgehead atoms. The van der Waals surface area contributed by atoms with E-state index in [0.717, 1.165) is 27.8 Å². The average Bonchev–Trinajstić information content (AvgIpc) is 2.78. The van der Waals surface area contributed by atoms with E-state index in [1.807, 2.05) is 26.0 Å². The minimum Gasteiger partial charge on any atom is -0.496 e. The highest BCUT2D eigenvalue weighted by Gasteiger charge is 2.14. The van der Waals surface area contributed by atoms with E-state index >= 15 is 0 Å². The molecule has 2 aromatic rings. The summed E-state index contributed by atoms with van der Waals surface area (Å²) < 4.78 is 10.3. The van der Waals surface area contributed by atoms with Gasteiger partial charge in [0.1, 0.15) is 11.4 Å². The van der Waals surface area contributed by atoms with Crippen molar-refractivity contribution in [2.75, 3.05) is 13.7 Å². The first kappa shape index (κ1) is 12.5. The number of carbonyl (C=O) groups excluding carboxylic acids is 1. The molecule has 0 amide bonds. The van der Waals surface area contributed by atoms with Crippen molar-refractivity contribution in [2.45, 2.75) is 20.8 Å². The summed E-state index contributed by atoms with van der Waals surface area (Å²) in [7, 11) is 1.64. The Bertz CT molecular complexity index is 599. The zero-order chi connectivity index (χ0) is 13.3. The van der Waals surface area contributed by atoms with Crippen LogP contribution >= 0.6 is 0 Å². The molecule has 0 aliphatic heterocycles. The van der Waals surface area contributed by atoms with Crippen molar-refractivity contribution in [2.24, 2.45) is 0 Å². The van der Waals surface area contributed by atoms with Crippen LogP contribution in [0.1, 0.15) is 28.5 Å². The van der Waals surface area contributed by atoms with E-state index in [0.29, 0.717) is 12.3 Å². The minimum atomic E-state index is -0.329. The maximum absolute atomic E-state index is 11.7. The van der Waals surface area contributed by atoms with E-state index in [1.54, 1.807) is 14.0 Å². The second-order valence-electron chi connectivity index (χ2n) is 4.19. The van der Waals surface area contributed by atoms with Gasteiger partial charge in [-0.2, -0.15) is 0 Å². The fourth-order valence-electron chi connectivity index (χ4n) is 2.05. The van der Waals surface area contributed by atoms with E-state index in [1.165, 1.54) is 0 Å². The number of carbonyl (C=O) groups is 1. The number of aryl methyl sites for hydroxylation is 1.